The fraction of sp³-hybridized carbons (Fsp3) is 0.444. The number of halogens is 1. The van der Waals surface area contributed by atoms with Crippen LogP contribution in [-0.2, 0) is 4.79 Å². The maximum absolute atomic E-state index is 12.7. The van der Waals surface area contributed by atoms with Crippen molar-refractivity contribution >= 4 is 34.8 Å². The number of nitrogens with two attached hydrogens (primary N) is 1. The van der Waals surface area contributed by atoms with Gasteiger partial charge >= 0.3 is 0 Å². The van der Waals surface area contributed by atoms with Crippen LogP contribution in [0.15, 0.2) is 23.6 Å². The van der Waals surface area contributed by atoms with E-state index in [-0.39, 0.29) is 37.1 Å². The zero-order valence-electron chi connectivity index (χ0n) is 14.0. The smallest absolute Gasteiger partial charge is 0.231 e. The third-order valence-corrected chi connectivity index (χ3v) is 6.44. The van der Waals surface area contributed by atoms with Gasteiger partial charge in [-0.05, 0) is 49.3 Å². The van der Waals surface area contributed by atoms with Crippen molar-refractivity contribution in [2.45, 2.75) is 25.3 Å². The van der Waals surface area contributed by atoms with Crippen LogP contribution >= 0.6 is 23.7 Å². The number of carbonyl (C=O) groups is 1. The Bertz CT molecular complexity index is 841. The molecule has 2 aliphatic carbocycles. The Hall–Kier alpha value is -1.83. The Kier molecular flexibility index (Phi) is 4.54. The average molecular weight is 394 g/mol. The van der Waals surface area contributed by atoms with E-state index in [9.17, 15) is 4.79 Å². The minimum absolute atomic E-state index is 0. The second-order valence-corrected chi connectivity index (χ2v) is 7.89. The molecule has 0 saturated heterocycles. The summed E-state index contributed by atoms with van der Waals surface area (Å²) in [6, 6.07) is 5.73. The first kappa shape index (κ1) is 17.6. The zero-order chi connectivity index (χ0) is 17.0. The number of nitrogens with zero attached hydrogens (tertiary/aromatic N) is 1. The van der Waals surface area contributed by atoms with Crippen molar-refractivity contribution < 1.29 is 14.3 Å². The number of anilines is 1. The number of rotatable bonds is 3. The van der Waals surface area contributed by atoms with E-state index >= 15 is 0 Å². The monoisotopic (exact) mass is 393 g/mol. The number of hydrogen-bond acceptors (Lipinski definition) is 6. The van der Waals surface area contributed by atoms with E-state index in [1.54, 1.807) is 0 Å². The van der Waals surface area contributed by atoms with Gasteiger partial charge < -0.3 is 20.5 Å². The summed E-state index contributed by atoms with van der Waals surface area (Å²) in [6.45, 7) is 0.251. The first-order valence-corrected chi connectivity index (χ1v) is 9.49. The maximum Gasteiger partial charge on any atom is 0.231 e. The third kappa shape index (κ3) is 2.84. The number of benzene rings is 1. The van der Waals surface area contributed by atoms with Crippen LogP contribution in [0.3, 0.4) is 0 Å². The molecule has 4 atom stereocenters. The van der Waals surface area contributed by atoms with E-state index in [1.165, 1.54) is 17.8 Å². The largest absolute Gasteiger partial charge is 0.454 e. The highest BCUT2D eigenvalue weighted by atomic mass is 35.5. The van der Waals surface area contributed by atoms with Crippen LogP contribution in [0.4, 0.5) is 5.13 Å². The lowest BCUT2D eigenvalue weighted by Crippen LogP contribution is -2.42. The zero-order valence-corrected chi connectivity index (χ0v) is 15.6. The van der Waals surface area contributed by atoms with Gasteiger partial charge in [-0.25, -0.2) is 4.98 Å². The second-order valence-electron chi connectivity index (χ2n) is 7.03. The molecule has 1 aromatic carbocycles. The molecule has 3 N–H and O–H groups in total. The van der Waals surface area contributed by atoms with Crippen molar-refractivity contribution in [3.05, 3.63) is 23.6 Å². The molecule has 4 unspecified atom stereocenters. The van der Waals surface area contributed by atoms with Gasteiger partial charge in [0, 0.05) is 17.0 Å². The van der Waals surface area contributed by atoms with Crippen LogP contribution in [-0.4, -0.2) is 23.7 Å². The van der Waals surface area contributed by atoms with E-state index < -0.39 is 0 Å². The molecule has 26 heavy (non-hydrogen) atoms. The molecule has 3 aliphatic rings. The predicted octanol–water partition coefficient (Wildman–Crippen LogP) is 3.27. The molecule has 2 bridgehead atoms. The summed E-state index contributed by atoms with van der Waals surface area (Å²) >= 11 is 1.43. The molecular formula is C18H20ClN3O3S. The van der Waals surface area contributed by atoms with Crippen LogP contribution in [0.1, 0.15) is 19.3 Å². The maximum atomic E-state index is 12.7. The fourth-order valence-corrected chi connectivity index (χ4v) is 5.16. The molecule has 1 amide bonds. The highest BCUT2D eigenvalue weighted by molar-refractivity contribution is 7.14. The lowest BCUT2D eigenvalue weighted by molar-refractivity contribution is -0.121. The van der Waals surface area contributed by atoms with E-state index in [4.69, 9.17) is 15.2 Å². The molecule has 1 aliphatic heterocycles. The van der Waals surface area contributed by atoms with E-state index in [0.717, 1.165) is 35.6 Å². The van der Waals surface area contributed by atoms with Crippen molar-refractivity contribution in [2.24, 2.45) is 23.5 Å². The van der Waals surface area contributed by atoms with Gasteiger partial charge in [0.2, 0.25) is 12.7 Å². The third-order valence-electron chi connectivity index (χ3n) is 5.69. The minimum atomic E-state index is -0.0726. The van der Waals surface area contributed by atoms with Gasteiger partial charge in [0.25, 0.3) is 0 Å². The average Bonchev–Trinajstić information content (AvgIpc) is 3.37. The normalized spacial score (nSPS) is 28.0. The van der Waals surface area contributed by atoms with Crippen molar-refractivity contribution in [1.82, 2.24) is 4.98 Å². The Morgan fingerprint density at radius 2 is 2.04 bits per heavy atom. The summed E-state index contributed by atoms with van der Waals surface area (Å²) in [6.07, 6.45) is 3.39. The number of hydrogen-bond donors (Lipinski definition) is 2. The van der Waals surface area contributed by atoms with E-state index in [0.29, 0.717) is 17.0 Å². The van der Waals surface area contributed by atoms with Gasteiger partial charge in [-0.15, -0.1) is 23.7 Å². The number of ether oxygens (including phenoxy) is 2. The number of aromatic nitrogens is 1. The second kappa shape index (κ2) is 6.72. The summed E-state index contributed by atoms with van der Waals surface area (Å²) in [5, 5.41) is 5.53. The Balaban J connectivity index is 0.00000168. The molecule has 8 heteroatoms. The van der Waals surface area contributed by atoms with Crippen LogP contribution in [0.2, 0.25) is 0 Å². The van der Waals surface area contributed by atoms with Crippen LogP contribution in [0.25, 0.3) is 11.3 Å². The number of nitrogens with one attached hydrogen (secondary N) is 1. The van der Waals surface area contributed by atoms with Gasteiger partial charge in [0.05, 0.1) is 11.6 Å². The summed E-state index contributed by atoms with van der Waals surface area (Å²) in [7, 11) is 0. The standard InChI is InChI=1S/C18H19N3O3S.ClH/c19-16-11-2-1-10(5-11)15(16)17(22)21-18-20-12(7-25-18)9-3-4-13-14(6-9)24-8-23-13;/h3-4,6-7,10-11,15-16H,1-2,5,8,19H2,(H,20,21,22);1H. The quantitative estimate of drug-likeness (QED) is 0.835. The number of carbonyl (C=O) groups excluding carboxylic acids is 1. The first-order chi connectivity index (χ1) is 12.2. The lowest BCUT2D eigenvalue weighted by atomic mass is 9.84. The van der Waals surface area contributed by atoms with Crippen molar-refractivity contribution in [2.75, 3.05) is 12.1 Å². The first-order valence-electron chi connectivity index (χ1n) is 8.61. The SMILES string of the molecule is Cl.NC1C2CCC(C2)C1C(=O)Nc1nc(-c2ccc3c(c2)OCO3)cs1. The molecule has 2 heterocycles. The van der Waals surface area contributed by atoms with Gasteiger partial charge in [0.15, 0.2) is 16.6 Å². The molecule has 6 nitrogen and oxygen atoms in total. The molecule has 2 aromatic rings. The molecule has 5 rings (SSSR count). The highest BCUT2D eigenvalue weighted by Gasteiger charge is 2.49. The molecule has 0 spiro atoms. The Labute approximate surface area is 161 Å². The Morgan fingerprint density at radius 3 is 2.85 bits per heavy atom. The molecular weight excluding hydrogens is 374 g/mol. The summed E-state index contributed by atoms with van der Waals surface area (Å²) < 4.78 is 10.7. The van der Waals surface area contributed by atoms with Gasteiger partial charge in [-0.1, -0.05) is 0 Å². The minimum Gasteiger partial charge on any atom is -0.454 e. The number of fused-ring (bicyclic) bond motifs is 3. The lowest BCUT2D eigenvalue weighted by Gasteiger charge is -2.26. The van der Waals surface area contributed by atoms with E-state index in [2.05, 4.69) is 10.3 Å². The van der Waals surface area contributed by atoms with Gasteiger partial charge in [-0.3, -0.25) is 4.79 Å². The number of thiazole rings is 1. The molecule has 2 fully saturated rings. The van der Waals surface area contributed by atoms with Crippen LogP contribution in [0, 0.1) is 17.8 Å². The topological polar surface area (TPSA) is 86.5 Å². The van der Waals surface area contributed by atoms with Crippen molar-refractivity contribution in [3.8, 4) is 22.8 Å². The summed E-state index contributed by atoms with van der Waals surface area (Å²) in [5.74, 6) is 2.37. The van der Waals surface area contributed by atoms with Crippen LogP contribution in [0.5, 0.6) is 11.5 Å². The van der Waals surface area contributed by atoms with Crippen molar-refractivity contribution in [1.29, 1.82) is 0 Å². The molecule has 138 valence electrons. The van der Waals surface area contributed by atoms with Gasteiger partial charge in [0.1, 0.15) is 0 Å². The van der Waals surface area contributed by atoms with E-state index in [1.807, 2.05) is 23.6 Å². The molecule has 0 radical (unpaired) electrons. The Morgan fingerprint density at radius 1 is 1.23 bits per heavy atom. The number of amides is 1. The molecule has 2 saturated carbocycles. The predicted molar refractivity (Wildman–Crippen MR) is 102 cm³/mol. The summed E-state index contributed by atoms with van der Waals surface area (Å²) in [5.41, 5.74) is 8.02. The van der Waals surface area contributed by atoms with Gasteiger partial charge in [-0.2, -0.15) is 0 Å². The van der Waals surface area contributed by atoms with Crippen molar-refractivity contribution in [3.63, 3.8) is 0 Å². The summed E-state index contributed by atoms with van der Waals surface area (Å²) in [4.78, 5) is 17.2. The highest BCUT2D eigenvalue weighted by Crippen LogP contribution is 2.48. The van der Waals surface area contributed by atoms with Crippen LogP contribution < -0.4 is 20.5 Å². The molecule has 1 aromatic heterocycles. The fourth-order valence-electron chi connectivity index (χ4n) is 4.43.